The van der Waals surface area contributed by atoms with Crippen molar-refractivity contribution in [2.24, 2.45) is 0 Å². The molecule has 0 unspecified atom stereocenters. The number of carbonyl (C=O) groups excluding carboxylic acids is 1. The Morgan fingerprint density at radius 2 is 2.06 bits per heavy atom. The SMILES string of the molecule is CCSc1ccc(C(=O)Cl)c(C(F)(F)F)c1. The second-order valence-corrected chi connectivity index (χ2v) is 4.59. The van der Waals surface area contributed by atoms with Crippen molar-refractivity contribution >= 4 is 28.6 Å². The number of carbonyl (C=O) groups is 1. The maximum Gasteiger partial charge on any atom is 0.417 e. The number of thioether (sulfide) groups is 1. The van der Waals surface area contributed by atoms with Gasteiger partial charge in [-0.15, -0.1) is 11.8 Å². The Balaban J connectivity index is 3.27. The fourth-order valence-electron chi connectivity index (χ4n) is 1.19. The molecule has 1 aromatic rings. The third-order valence-electron chi connectivity index (χ3n) is 1.82. The lowest BCUT2D eigenvalue weighted by Crippen LogP contribution is -2.11. The van der Waals surface area contributed by atoms with E-state index in [0.29, 0.717) is 10.6 Å². The Morgan fingerprint density at radius 1 is 1.44 bits per heavy atom. The minimum Gasteiger partial charge on any atom is -0.276 e. The first-order valence-electron chi connectivity index (χ1n) is 4.40. The molecule has 0 aliphatic heterocycles. The van der Waals surface area contributed by atoms with Crippen LogP contribution in [0.4, 0.5) is 13.2 Å². The second-order valence-electron chi connectivity index (χ2n) is 2.91. The van der Waals surface area contributed by atoms with E-state index < -0.39 is 22.5 Å². The van der Waals surface area contributed by atoms with Crippen molar-refractivity contribution in [3.8, 4) is 0 Å². The largest absolute Gasteiger partial charge is 0.417 e. The van der Waals surface area contributed by atoms with E-state index in [2.05, 4.69) is 0 Å². The molecule has 0 amide bonds. The summed E-state index contributed by atoms with van der Waals surface area (Å²) in [5.41, 5.74) is -1.49. The van der Waals surface area contributed by atoms with Gasteiger partial charge in [0, 0.05) is 10.5 Å². The van der Waals surface area contributed by atoms with Gasteiger partial charge in [-0.25, -0.2) is 0 Å². The Labute approximate surface area is 100.0 Å². The summed E-state index contributed by atoms with van der Waals surface area (Å²) >= 11 is 6.37. The topological polar surface area (TPSA) is 17.1 Å². The zero-order valence-corrected chi connectivity index (χ0v) is 9.84. The maximum absolute atomic E-state index is 12.6. The van der Waals surface area contributed by atoms with Crippen LogP contribution in [0.25, 0.3) is 0 Å². The van der Waals surface area contributed by atoms with Crippen molar-refractivity contribution in [2.75, 3.05) is 5.75 Å². The van der Waals surface area contributed by atoms with Crippen LogP contribution in [0.5, 0.6) is 0 Å². The highest BCUT2D eigenvalue weighted by atomic mass is 35.5. The predicted octanol–water partition coefficient (Wildman–Crippen LogP) is 4.20. The molecule has 6 heteroatoms. The summed E-state index contributed by atoms with van der Waals surface area (Å²) in [6.45, 7) is 1.83. The Morgan fingerprint density at radius 3 is 2.50 bits per heavy atom. The molecule has 0 spiro atoms. The lowest BCUT2D eigenvalue weighted by Gasteiger charge is -2.11. The fraction of sp³-hybridized carbons (Fsp3) is 0.300. The number of alkyl halides is 3. The molecule has 0 N–H and O–H groups in total. The van der Waals surface area contributed by atoms with Crippen LogP contribution < -0.4 is 0 Å². The van der Waals surface area contributed by atoms with Gasteiger partial charge in [0.2, 0.25) is 0 Å². The third-order valence-corrected chi connectivity index (χ3v) is 2.90. The molecule has 1 aromatic carbocycles. The number of hydrogen-bond acceptors (Lipinski definition) is 2. The highest BCUT2D eigenvalue weighted by molar-refractivity contribution is 7.99. The summed E-state index contributed by atoms with van der Waals surface area (Å²) in [7, 11) is 0. The summed E-state index contributed by atoms with van der Waals surface area (Å²) in [4.78, 5) is 11.3. The van der Waals surface area contributed by atoms with Crippen molar-refractivity contribution < 1.29 is 18.0 Å². The Hall–Kier alpha value is -0.680. The van der Waals surface area contributed by atoms with Crippen LogP contribution in [-0.4, -0.2) is 11.0 Å². The number of benzene rings is 1. The van der Waals surface area contributed by atoms with Gasteiger partial charge in [0.05, 0.1) is 5.56 Å². The summed E-state index contributed by atoms with van der Waals surface area (Å²) in [6, 6.07) is 3.51. The fourth-order valence-corrected chi connectivity index (χ4v) is 2.05. The average molecular weight is 269 g/mol. The van der Waals surface area contributed by atoms with Gasteiger partial charge >= 0.3 is 6.18 Å². The van der Waals surface area contributed by atoms with Crippen molar-refractivity contribution in [3.63, 3.8) is 0 Å². The lowest BCUT2D eigenvalue weighted by atomic mass is 10.1. The monoisotopic (exact) mass is 268 g/mol. The first kappa shape index (κ1) is 13.4. The average Bonchev–Trinajstić information content (AvgIpc) is 2.16. The van der Waals surface area contributed by atoms with Crippen molar-refractivity contribution in [2.45, 2.75) is 18.0 Å². The van der Waals surface area contributed by atoms with Crippen LogP contribution in [0.3, 0.4) is 0 Å². The van der Waals surface area contributed by atoms with E-state index in [9.17, 15) is 18.0 Å². The standard InChI is InChI=1S/C10H8ClF3OS/c1-2-16-6-3-4-7(9(11)15)8(5-6)10(12,13)14/h3-5H,2H2,1H3. The molecule has 0 atom stereocenters. The molecule has 0 fully saturated rings. The second kappa shape index (κ2) is 5.10. The summed E-state index contributed by atoms with van der Waals surface area (Å²) in [6.07, 6.45) is -4.57. The number of rotatable bonds is 3. The van der Waals surface area contributed by atoms with E-state index in [1.807, 2.05) is 6.92 Å². The van der Waals surface area contributed by atoms with Gasteiger partial charge in [-0.05, 0) is 35.6 Å². The smallest absolute Gasteiger partial charge is 0.276 e. The summed E-state index contributed by atoms with van der Waals surface area (Å²) in [5, 5.41) is -1.10. The molecule has 0 heterocycles. The normalized spacial score (nSPS) is 11.6. The number of halogens is 4. The van der Waals surface area contributed by atoms with Crippen LogP contribution in [0.2, 0.25) is 0 Å². The van der Waals surface area contributed by atoms with Crippen LogP contribution in [0.1, 0.15) is 22.8 Å². The molecular formula is C10H8ClF3OS. The van der Waals surface area contributed by atoms with Crippen molar-refractivity contribution in [3.05, 3.63) is 29.3 Å². The predicted molar refractivity (Wildman–Crippen MR) is 58.0 cm³/mol. The van der Waals surface area contributed by atoms with Gasteiger partial charge in [0.1, 0.15) is 0 Å². The lowest BCUT2D eigenvalue weighted by molar-refractivity contribution is -0.138. The third kappa shape index (κ3) is 3.15. The molecule has 0 aliphatic carbocycles. The van der Waals surface area contributed by atoms with E-state index in [4.69, 9.17) is 11.6 Å². The zero-order chi connectivity index (χ0) is 12.3. The molecule has 0 radical (unpaired) electrons. The van der Waals surface area contributed by atoms with E-state index in [-0.39, 0.29) is 0 Å². The zero-order valence-electron chi connectivity index (χ0n) is 8.27. The van der Waals surface area contributed by atoms with Gasteiger partial charge < -0.3 is 0 Å². The Bertz CT molecular complexity index is 404. The van der Waals surface area contributed by atoms with Gasteiger partial charge in [-0.2, -0.15) is 13.2 Å². The quantitative estimate of drug-likeness (QED) is 0.604. The summed E-state index contributed by atoms with van der Waals surface area (Å²) < 4.78 is 37.8. The van der Waals surface area contributed by atoms with Gasteiger partial charge in [0.15, 0.2) is 0 Å². The summed E-state index contributed by atoms with van der Waals surface area (Å²) in [5.74, 6) is 0.658. The van der Waals surface area contributed by atoms with Gasteiger partial charge in [0.25, 0.3) is 5.24 Å². The highest BCUT2D eigenvalue weighted by Gasteiger charge is 2.35. The molecule has 0 bridgehead atoms. The van der Waals surface area contributed by atoms with Crippen LogP contribution in [0.15, 0.2) is 23.1 Å². The maximum atomic E-state index is 12.6. The minimum atomic E-state index is -4.57. The van der Waals surface area contributed by atoms with Gasteiger partial charge in [-0.3, -0.25) is 4.79 Å². The highest BCUT2D eigenvalue weighted by Crippen LogP contribution is 2.35. The van der Waals surface area contributed by atoms with E-state index in [1.165, 1.54) is 17.8 Å². The molecule has 1 nitrogen and oxygen atoms in total. The molecule has 0 saturated carbocycles. The van der Waals surface area contributed by atoms with Gasteiger partial charge in [-0.1, -0.05) is 6.92 Å². The number of hydrogen-bond donors (Lipinski definition) is 0. The van der Waals surface area contributed by atoms with Crippen LogP contribution >= 0.6 is 23.4 Å². The molecule has 88 valence electrons. The molecule has 1 rings (SSSR count). The van der Waals surface area contributed by atoms with E-state index in [0.717, 1.165) is 12.1 Å². The molecular weight excluding hydrogens is 261 g/mol. The molecule has 0 aromatic heterocycles. The van der Waals surface area contributed by atoms with Crippen LogP contribution in [-0.2, 0) is 6.18 Å². The van der Waals surface area contributed by atoms with E-state index >= 15 is 0 Å². The minimum absolute atomic E-state index is 0.469. The Kier molecular flexibility index (Phi) is 4.27. The molecule has 0 saturated heterocycles. The first-order valence-corrected chi connectivity index (χ1v) is 5.76. The van der Waals surface area contributed by atoms with Crippen molar-refractivity contribution in [1.29, 1.82) is 0 Å². The first-order chi connectivity index (χ1) is 7.36. The van der Waals surface area contributed by atoms with E-state index in [1.54, 1.807) is 0 Å². The van der Waals surface area contributed by atoms with Crippen molar-refractivity contribution in [1.82, 2.24) is 0 Å². The molecule has 0 aliphatic rings. The molecule has 16 heavy (non-hydrogen) atoms. The van der Waals surface area contributed by atoms with Crippen LogP contribution in [0, 0.1) is 0 Å².